The van der Waals surface area contributed by atoms with Crippen molar-refractivity contribution in [1.29, 1.82) is 0 Å². The number of hydrogen-bond acceptors (Lipinski definition) is 3. The molecule has 0 saturated carbocycles. The first-order valence-corrected chi connectivity index (χ1v) is 7.37. The number of ether oxygens (including phenoxy) is 1. The minimum absolute atomic E-state index is 0.0833. The summed E-state index contributed by atoms with van der Waals surface area (Å²) in [7, 11) is 0. The number of carbonyl (C=O) groups excluding carboxylic acids is 1. The normalized spacial score (nSPS) is 11.5. The average molecular weight is 334 g/mol. The van der Waals surface area contributed by atoms with Gasteiger partial charge in [0, 0.05) is 11.4 Å². The molecule has 6 heteroatoms. The lowest BCUT2D eigenvalue weighted by Gasteiger charge is -2.14. The van der Waals surface area contributed by atoms with Crippen LogP contribution in [0.25, 0.3) is 0 Å². The Hall–Kier alpha value is -2.53. The Balaban J connectivity index is 1.89. The second-order valence-corrected chi connectivity index (χ2v) is 5.36. The van der Waals surface area contributed by atoms with Crippen molar-refractivity contribution in [3.8, 4) is 0 Å². The number of rotatable bonds is 6. The molecule has 0 radical (unpaired) electrons. The van der Waals surface area contributed by atoms with E-state index in [9.17, 15) is 14.7 Å². The minimum atomic E-state index is -1.13. The Bertz CT molecular complexity index is 658. The van der Waals surface area contributed by atoms with Crippen LogP contribution in [0.4, 0.5) is 4.79 Å². The third-order valence-corrected chi connectivity index (χ3v) is 3.41. The molecule has 0 spiro atoms. The van der Waals surface area contributed by atoms with Crippen LogP contribution in [-0.2, 0) is 22.6 Å². The second-order valence-electron chi connectivity index (χ2n) is 4.93. The lowest BCUT2D eigenvalue weighted by molar-refractivity contribution is -0.139. The molecule has 2 aromatic rings. The highest BCUT2D eigenvalue weighted by Gasteiger charge is 2.21. The van der Waals surface area contributed by atoms with Gasteiger partial charge in [0.05, 0.1) is 0 Å². The Kier molecular flexibility index (Phi) is 6.00. The Morgan fingerprint density at radius 1 is 1.04 bits per heavy atom. The topological polar surface area (TPSA) is 75.6 Å². The molecule has 1 unspecified atom stereocenters. The first kappa shape index (κ1) is 16.8. The number of nitrogens with one attached hydrogen (secondary N) is 1. The smallest absolute Gasteiger partial charge is 0.408 e. The summed E-state index contributed by atoms with van der Waals surface area (Å²) in [6, 6.07) is 14.9. The van der Waals surface area contributed by atoms with Gasteiger partial charge in [-0.1, -0.05) is 54.1 Å². The molecule has 23 heavy (non-hydrogen) atoms. The van der Waals surface area contributed by atoms with Crippen molar-refractivity contribution < 1.29 is 19.4 Å². The van der Waals surface area contributed by atoms with Crippen molar-refractivity contribution in [2.45, 2.75) is 19.1 Å². The van der Waals surface area contributed by atoms with Crippen LogP contribution in [-0.4, -0.2) is 23.2 Å². The highest BCUT2D eigenvalue weighted by Crippen LogP contribution is 2.11. The maximum atomic E-state index is 11.8. The Labute approximate surface area is 138 Å². The Morgan fingerprint density at radius 3 is 2.30 bits per heavy atom. The molecule has 2 rings (SSSR count). The fraction of sp³-hybridized carbons (Fsp3) is 0.176. The van der Waals surface area contributed by atoms with Crippen LogP contribution in [0, 0.1) is 0 Å². The molecular formula is C17H16ClNO4. The molecule has 0 aliphatic rings. The van der Waals surface area contributed by atoms with E-state index >= 15 is 0 Å². The largest absolute Gasteiger partial charge is 0.480 e. The quantitative estimate of drug-likeness (QED) is 0.850. The minimum Gasteiger partial charge on any atom is -0.480 e. The number of aliphatic carboxylic acids is 1. The van der Waals surface area contributed by atoms with Gasteiger partial charge in [0.25, 0.3) is 0 Å². The van der Waals surface area contributed by atoms with Crippen LogP contribution in [0.15, 0.2) is 54.6 Å². The van der Waals surface area contributed by atoms with Crippen molar-refractivity contribution in [3.05, 3.63) is 70.7 Å². The maximum absolute atomic E-state index is 11.8. The van der Waals surface area contributed by atoms with E-state index in [4.69, 9.17) is 16.3 Å². The first-order valence-electron chi connectivity index (χ1n) is 6.99. The summed E-state index contributed by atoms with van der Waals surface area (Å²) < 4.78 is 5.03. The molecule has 0 heterocycles. The van der Waals surface area contributed by atoms with Gasteiger partial charge < -0.3 is 15.2 Å². The zero-order valence-corrected chi connectivity index (χ0v) is 13.0. The van der Waals surface area contributed by atoms with Crippen molar-refractivity contribution in [3.63, 3.8) is 0 Å². The molecule has 0 bridgehead atoms. The highest BCUT2D eigenvalue weighted by molar-refractivity contribution is 6.30. The third kappa shape index (κ3) is 5.64. The summed E-state index contributed by atoms with van der Waals surface area (Å²) in [5, 5.41) is 12.1. The van der Waals surface area contributed by atoms with Gasteiger partial charge in [-0.15, -0.1) is 0 Å². The molecule has 2 aromatic carbocycles. The number of carboxylic acid groups (broad SMARTS) is 1. The van der Waals surface area contributed by atoms with Gasteiger partial charge in [0.1, 0.15) is 12.6 Å². The number of hydrogen-bond donors (Lipinski definition) is 2. The van der Waals surface area contributed by atoms with E-state index in [-0.39, 0.29) is 13.0 Å². The van der Waals surface area contributed by atoms with Gasteiger partial charge in [-0.25, -0.2) is 9.59 Å². The zero-order valence-electron chi connectivity index (χ0n) is 12.2. The van der Waals surface area contributed by atoms with Gasteiger partial charge in [-0.05, 0) is 23.3 Å². The molecule has 1 amide bonds. The van der Waals surface area contributed by atoms with Gasteiger partial charge >= 0.3 is 12.1 Å². The molecule has 0 aliphatic carbocycles. The summed E-state index contributed by atoms with van der Waals surface area (Å²) >= 11 is 5.79. The predicted octanol–water partition coefficient (Wildman–Crippen LogP) is 3.26. The summed E-state index contributed by atoms with van der Waals surface area (Å²) in [5.74, 6) is -1.13. The van der Waals surface area contributed by atoms with E-state index in [0.29, 0.717) is 5.02 Å². The van der Waals surface area contributed by atoms with E-state index in [1.54, 1.807) is 24.3 Å². The highest BCUT2D eigenvalue weighted by atomic mass is 35.5. The van der Waals surface area contributed by atoms with E-state index in [2.05, 4.69) is 5.32 Å². The molecule has 5 nitrogen and oxygen atoms in total. The van der Waals surface area contributed by atoms with Crippen LogP contribution < -0.4 is 5.32 Å². The molecule has 1 atom stereocenters. The first-order chi connectivity index (χ1) is 11.0. The van der Waals surface area contributed by atoms with Crippen molar-refractivity contribution in [2.75, 3.05) is 0 Å². The third-order valence-electron chi connectivity index (χ3n) is 3.16. The number of carboxylic acids is 1. The van der Waals surface area contributed by atoms with E-state index < -0.39 is 18.1 Å². The van der Waals surface area contributed by atoms with Gasteiger partial charge in [0.15, 0.2) is 0 Å². The number of amides is 1. The van der Waals surface area contributed by atoms with Crippen LogP contribution in [0.3, 0.4) is 0 Å². The van der Waals surface area contributed by atoms with Gasteiger partial charge in [-0.3, -0.25) is 0 Å². The maximum Gasteiger partial charge on any atom is 0.408 e. The number of benzene rings is 2. The van der Waals surface area contributed by atoms with Gasteiger partial charge in [-0.2, -0.15) is 0 Å². The fourth-order valence-corrected chi connectivity index (χ4v) is 2.09. The van der Waals surface area contributed by atoms with Crippen LogP contribution in [0.1, 0.15) is 11.1 Å². The fourth-order valence-electron chi connectivity index (χ4n) is 1.96. The SMILES string of the molecule is O=C(NC(Cc1ccc(Cl)cc1)C(=O)O)OCc1ccccc1. The standard InChI is InChI=1S/C17H16ClNO4/c18-14-8-6-12(7-9-14)10-15(16(20)21)19-17(22)23-11-13-4-2-1-3-5-13/h1-9,15H,10-11H2,(H,19,22)(H,20,21). The van der Waals surface area contributed by atoms with E-state index in [1.165, 1.54) is 0 Å². The molecule has 0 aliphatic heterocycles. The summed E-state index contributed by atoms with van der Waals surface area (Å²) in [6.45, 7) is 0.0833. The molecule has 0 saturated heterocycles. The zero-order chi connectivity index (χ0) is 16.7. The average Bonchev–Trinajstić information content (AvgIpc) is 2.55. The number of carbonyl (C=O) groups is 2. The summed E-state index contributed by atoms with van der Waals surface area (Å²) in [6.07, 6.45) is -0.623. The van der Waals surface area contributed by atoms with E-state index in [1.807, 2.05) is 30.3 Å². The van der Waals surface area contributed by atoms with Crippen molar-refractivity contribution in [2.24, 2.45) is 0 Å². The summed E-state index contributed by atoms with van der Waals surface area (Å²) in [4.78, 5) is 23.0. The van der Waals surface area contributed by atoms with Crippen LogP contribution in [0.2, 0.25) is 5.02 Å². The molecule has 0 aromatic heterocycles. The molecule has 2 N–H and O–H groups in total. The second kappa shape index (κ2) is 8.19. The lowest BCUT2D eigenvalue weighted by Crippen LogP contribution is -2.42. The molecule has 0 fully saturated rings. The molecular weight excluding hydrogens is 318 g/mol. The van der Waals surface area contributed by atoms with Crippen molar-refractivity contribution >= 4 is 23.7 Å². The monoisotopic (exact) mass is 333 g/mol. The number of alkyl carbamates (subject to hydrolysis) is 1. The molecule has 120 valence electrons. The van der Waals surface area contributed by atoms with E-state index in [0.717, 1.165) is 11.1 Å². The van der Waals surface area contributed by atoms with Gasteiger partial charge in [0.2, 0.25) is 0 Å². The van der Waals surface area contributed by atoms with Crippen LogP contribution >= 0.6 is 11.6 Å². The lowest BCUT2D eigenvalue weighted by atomic mass is 10.1. The van der Waals surface area contributed by atoms with Crippen molar-refractivity contribution in [1.82, 2.24) is 5.32 Å². The number of halogens is 1. The predicted molar refractivity (Wildman–Crippen MR) is 86.3 cm³/mol. The summed E-state index contributed by atoms with van der Waals surface area (Å²) in [5.41, 5.74) is 1.58. The Morgan fingerprint density at radius 2 is 1.70 bits per heavy atom. The van der Waals surface area contributed by atoms with Crippen LogP contribution in [0.5, 0.6) is 0 Å².